The molecule has 1 aliphatic carbocycles. The standard InChI is InChI=1S/C12H16N4O/c1-2-6-14-12(17)15-10-4-3-5-11(10)16-8-7-13-9-16/h1,7-11H,3-6H2,(H2,14,15,17). The van der Waals surface area contributed by atoms with Crippen LogP contribution in [0.5, 0.6) is 0 Å². The van der Waals surface area contributed by atoms with Gasteiger partial charge in [0.2, 0.25) is 0 Å². The molecule has 2 unspecified atom stereocenters. The number of nitrogens with zero attached hydrogens (tertiary/aromatic N) is 2. The Labute approximate surface area is 101 Å². The predicted octanol–water partition coefficient (Wildman–Crippen LogP) is 0.909. The van der Waals surface area contributed by atoms with E-state index in [9.17, 15) is 4.79 Å². The highest BCUT2D eigenvalue weighted by atomic mass is 16.2. The average Bonchev–Trinajstić information content (AvgIpc) is 2.95. The zero-order chi connectivity index (χ0) is 12.1. The maximum Gasteiger partial charge on any atom is 0.315 e. The summed E-state index contributed by atoms with van der Waals surface area (Å²) in [5.74, 6) is 2.38. The van der Waals surface area contributed by atoms with E-state index >= 15 is 0 Å². The summed E-state index contributed by atoms with van der Waals surface area (Å²) >= 11 is 0. The van der Waals surface area contributed by atoms with Gasteiger partial charge in [0.25, 0.3) is 0 Å². The van der Waals surface area contributed by atoms with E-state index in [-0.39, 0.29) is 18.6 Å². The Morgan fingerprint density at radius 3 is 3.18 bits per heavy atom. The maximum atomic E-state index is 11.5. The van der Waals surface area contributed by atoms with Gasteiger partial charge in [0.1, 0.15) is 0 Å². The zero-order valence-electron chi connectivity index (χ0n) is 9.60. The van der Waals surface area contributed by atoms with Gasteiger partial charge in [0, 0.05) is 12.4 Å². The molecule has 1 saturated carbocycles. The smallest absolute Gasteiger partial charge is 0.315 e. The third-order valence-electron chi connectivity index (χ3n) is 3.05. The van der Waals surface area contributed by atoms with Crippen molar-refractivity contribution in [1.82, 2.24) is 20.2 Å². The SMILES string of the molecule is C#CCNC(=O)NC1CCCC1n1ccnc1. The van der Waals surface area contributed by atoms with Crippen molar-refractivity contribution in [2.24, 2.45) is 0 Å². The maximum absolute atomic E-state index is 11.5. The molecule has 5 heteroatoms. The fourth-order valence-electron chi connectivity index (χ4n) is 2.28. The first kappa shape index (κ1) is 11.5. The normalized spacial score (nSPS) is 23.0. The Kier molecular flexibility index (Phi) is 3.66. The van der Waals surface area contributed by atoms with Gasteiger partial charge in [0.15, 0.2) is 0 Å². The van der Waals surface area contributed by atoms with E-state index in [4.69, 9.17) is 6.42 Å². The lowest BCUT2D eigenvalue weighted by molar-refractivity contribution is 0.234. The molecule has 0 spiro atoms. The van der Waals surface area contributed by atoms with Gasteiger partial charge >= 0.3 is 6.03 Å². The molecule has 0 bridgehead atoms. The molecule has 0 aliphatic heterocycles. The van der Waals surface area contributed by atoms with Gasteiger partial charge in [-0.2, -0.15) is 0 Å². The molecule has 2 N–H and O–H groups in total. The molecule has 1 fully saturated rings. The van der Waals surface area contributed by atoms with E-state index < -0.39 is 0 Å². The van der Waals surface area contributed by atoms with Gasteiger partial charge in [-0.15, -0.1) is 6.42 Å². The lowest BCUT2D eigenvalue weighted by atomic mass is 10.2. The van der Waals surface area contributed by atoms with Gasteiger partial charge in [-0.1, -0.05) is 5.92 Å². The van der Waals surface area contributed by atoms with Crippen molar-refractivity contribution in [1.29, 1.82) is 0 Å². The van der Waals surface area contributed by atoms with E-state index in [1.165, 1.54) is 0 Å². The zero-order valence-corrected chi connectivity index (χ0v) is 9.60. The number of carbonyl (C=O) groups is 1. The predicted molar refractivity (Wildman–Crippen MR) is 64.3 cm³/mol. The Morgan fingerprint density at radius 2 is 2.47 bits per heavy atom. The van der Waals surface area contributed by atoms with E-state index in [2.05, 4.69) is 26.1 Å². The fourth-order valence-corrected chi connectivity index (χ4v) is 2.28. The summed E-state index contributed by atoms with van der Waals surface area (Å²) in [5, 5.41) is 5.57. The number of urea groups is 1. The van der Waals surface area contributed by atoms with Crippen LogP contribution in [0.1, 0.15) is 25.3 Å². The number of amides is 2. The minimum atomic E-state index is -0.194. The Bertz CT molecular complexity index is 407. The quantitative estimate of drug-likeness (QED) is 0.761. The van der Waals surface area contributed by atoms with Gasteiger partial charge in [0.05, 0.1) is 25.0 Å². The number of imidazole rings is 1. The number of rotatable bonds is 3. The minimum absolute atomic E-state index is 0.155. The van der Waals surface area contributed by atoms with E-state index in [0.29, 0.717) is 6.04 Å². The van der Waals surface area contributed by atoms with Crippen LogP contribution in [-0.4, -0.2) is 28.2 Å². The largest absolute Gasteiger partial charge is 0.333 e. The first-order chi connectivity index (χ1) is 8.31. The van der Waals surface area contributed by atoms with Crippen molar-refractivity contribution < 1.29 is 4.79 Å². The van der Waals surface area contributed by atoms with Crippen LogP contribution in [0.15, 0.2) is 18.7 Å². The van der Waals surface area contributed by atoms with E-state index in [1.54, 1.807) is 12.5 Å². The molecule has 0 saturated heterocycles. The summed E-state index contributed by atoms with van der Waals surface area (Å²) < 4.78 is 2.05. The van der Waals surface area contributed by atoms with Crippen molar-refractivity contribution >= 4 is 6.03 Å². The summed E-state index contributed by atoms with van der Waals surface area (Å²) in [6.07, 6.45) is 13.7. The number of nitrogens with one attached hydrogen (secondary N) is 2. The highest BCUT2D eigenvalue weighted by molar-refractivity contribution is 5.74. The molecule has 2 atom stereocenters. The molecule has 0 radical (unpaired) electrons. The third kappa shape index (κ3) is 2.78. The average molecular weight is 232 g/mol. The van der Waals surface area contributed by atoms with Gasteiger partial charge < -0.3 is 15.2 Å². The summed E-state index contributed by atoms with van der Waals surface area (Å²) in [6, 6.07) is 0.260. The molecule has 1 aromatic heterocycles. The summed E-state index contributed by atoms with van der Waals surface area (Å²) in [5.41, 5.74) is 0. The van der Waals surface area contributed by atoms with Gasteiger partial charge in [-0.05, 0) is 19.3 Å². The van der Waals surface area contributed by atoms with Crippen molar-refractivity contribution in [3.05, 3.63) is 18.7 Å². The summed E-state index contributed by atoms with van der Waals surface area (Å²) in [7, 11) is 0. The van der Waals surface area contributed by atoms with Crippen LogP contribution in [-0.2, 0) is 0 Å². The van der Waals surface area contributed by atoms with Gasteiger partial charge in [-0.25, -0.2) is 9.78 Å². The van der Waals surface area contributed by atoms with Crippen LogP contribution in [0.25, 0.3) is 0 Å². The summed E-state index contributed by atoms with van der Waals surface area (Å²) in [4.78, 5) is 15.6. The molecular weight excluding hydrogens is 216 g/mol. The highest BCUT2D eigenvalue weighted by Crippen LogP contribution is 2.29. The number of hydrogen-bond donors (Lipinski definition) is 2. The molecule has 17 heavy (non-hydrogen) atoms. The van der Waals surface area contributed by atoms with Crippen LogP contribution in [0, 0.1) is 12.3 Å². The van der Waals surface area contributed by atoms with Crippen molar-refractivity contribution in [3.8, 4) is 12.3 Å². The second-order valence-electron chi connectivity index (χ2n) is 4.15. The molecular formula is C12H16N4O. The van der Waals surface area contributed by atoms with Crippen LogP contribution >= 0.6 is 0 Å². The van der Waals surface area contributed by atoms with Gasteiger partial charge in [-0.3, -0.25) is 0 Å². The molecule has 2 rings (SSSR count). The van der Waals surface area contributed by atoms with Crippen molar-refractivity contribution in [3.63, 3.8) is 0 Å². The van der Waals surface area contributed by atoms with Crippen LogP contribution in [0.4, 0.5) is 4.79 Å². The second kappa shape index (κ2) is 5.39. The lowest BCUT2D eigenvalue weighted by Crippen LogP contribution is -2.44. The number of carbonyl (C=O) groups excluding carboxylic acids is 1. The van der Waals surface area contributed by atoms with Crippen molar-refractivity contribution in [2.45, 2.75) is 31.3 Å². The van der Waals surface area contributed by atoms with E-state index in [0.717, 1.165) is 19.3 Å². The summed E-state index contributed by atoms with van der Waals surface area (Å²) in [6.45, 7) is 0.258. The molecule has 90 valence electrons. The lowest BCUT2D eigenvalue weighted by Gasteiger charge is -2.22. The van der Waals surface area contributed by atoms with Crippen LogP contribution in [0.2, 0.25) is 0 Å². The van der Waals surface area contributed by atoms with Crippen LogP contribution < -0.4 is 10.6 Å². The molecule has 0 aromatic carbocycles. The van der Waals surface area contributed by atoms with E-state index in [1.807, 2.05) is 6.20 Å². The van der Waals surface area contributed by atoms with Crippen molar-refractivity contribution in [2.75, 3.05) is 6.54 Å². The first-order valence-electron chi connectivity index (χ1n) is 5.76. The number of terminal acetylenes is 1. The number of hydrogen-bond acceptors (Lipinski definition) is 2. The van der Waals surface area contributed by atoms with Crippen LogP contribution in [0.3, 0.4) is 0 Å². The second-order valence-corrected chi connectivity index (χ2v) is 4.15. The minimum Gasteiger partial charge on any atom is -0.333 e. The molecule has 1 heterocycles. The molecule has 1 aliphatic rings. The third-order valence-corrected chi connectivity index (χ3v) is 3.05. The number of aromatic nitrogens is 2. The molecule has 2 amide bonds. The first-order valence-corrected chi connectivity index (χ1v) is 5.76. The Hall–Kier alpha value is -1.96. The Balaban J connectivity index is 1.92. The molecule has 1 aromatic rings. The topological polar surface area (TPSA) is 59.0 Å². The highest BCUT2D eigenvalue weighted by Gasteiger charge is 2.29. The monoisotopic (exact) mass is 232 g/mol. The fraction of sp³-hybridized carbons (Fsp3) is 0.500. The Morgan fingerprint density at radius 1 is 1.59 bits per heavy atom. The molecule has 5 nitrogen and oxygen atoms in total.